The molecule has 2 nitrogen and oxygen atoms in total. The Bertz CT molecular complexity index is 421. The fraction of sp³-hybridized carbons (Fsp3) is 0.588. The molecule has 0 spiro atoms. The highest BCUT2D eigenvalue weighted by Crippen LogP contribution is 2.25. The van der Waals surface area contributed by atoms with E-state index in [1.807, 2.05) is 0 Å². The van der Waals surface area contributed by atoms with Crippen molar-refractivity contribution >= 4 is 5.78 Å². The van der Waals surface area contributed by atoms with E-state index in [9.17, 15) is 4.79 Å². The lowest BCUT2D eigenvalue weighted by Crippen LogP contribution is -2.38. The lowest BCUT2D eigenvalue weighted by molar-refractivity contribution is -0.123. The Kier molecular flexibility index (Phi) is 4.76. The first-order valence-corrected chi connectivity index (χ1v) is 7.45. The minimum atomic E-state index is 0.0798. The average Bonchev–Trinajstić information content (AvgIpc) is 2.39. The van der Waals surface area contributed by atoms with Crippen molar-refractivity contribution in [1.29, 1.82) is 0 Å². The van der Waals surface area contributed by atoms with E-state index in [0.717, 1.165) is 24.8 Å². The van der Waals surface area contributed by atoms with Crippen molar-refractivity contribution in [2.45, 2.75) is 57.9 Å². The van der Waals surface area contributed by atoms with Crippen LogP contribution in [0.5, 0.6) is 0 Å². The molecule has 2 atom stereocenters. The van der Waals surface area contributed by atoms with Crippen LogP contribution < -0.4 is 5.73 Å². The monoisotopic (exact) mass is 259 g/mol. The highest BCUT2D eigenvalue weighted by molar-refractivity contribution is 5.84. The van der Waals surface area contributed by atoms with Crippen molar-refractivity contribution in [1.82, 2.24) is 0 Å². The molecule has 1 aliphatic rings. The van der Waals surface area contributed by atoms with Gasteiger partial charge in [-0.2, -0.15) is 0 Å². The van der Waals surface area contributed by atoms with Gasteiger partial charge in [-0.05, 0) is 29.9 Å². The molecule has 0 aliphatic heterocycles. The van der Waals surface area contributed by atoms with Crippen LogP contribution in [-0.2, 0) is 11.2 Å². The lowest BCUT2D eigenvalue weighted by atomic mass is 9.80. The summed E-state index contributed by atoms with van der Waals surface area (Å²) in [6.45, 7) is 4.36. The maximum atomic E-state index is 12.3. The molecule has 1 fully saturated rings. The Labute approximate surface area is 116 Å². The summed E-state index contributed by atoms with van der Waals surface area (Å²) in [5.74, 6) is 0.944. The van der Waals surface area contributed by atoms with Crippen molar-refractivity contribution in [2.75, 3.05) is 0 Å². The number of carbonyl (C=O) groups is 1. The average molecular weight is 259 g/mol. The van der Waals surface area contributed by atoms with Gasteiger partial charge in [0.25, 0.3) is 0 Å². The molecule has 0 radical (unpaired) electrons. The summed E-state index contributed by atoms with van der Waals surface area (Å²) in [5, 5.41) is 0. The summed E-state index contributed by atoms with van der Waals surface area (Å²) in [7, 11) is 0. The molecule has 19 heavy (non-hydrogen) atoms. The summed E-state index contributed by atoms with van der Waals surface area (Å²) in [4.78, 5) is 12.3. The highest BCUT2D eigenvalue weighted by atomic mass is 16.1. The number of nitrogens with two attached hydrogens (primary N) is 1. The molecule has 1 aromatic rings. The van der Waals surface area contributed by atoms with E-state index in [0.29, 0.717) is 18.1 Å². The van der Waals surface area contributed by atoms with Gasteiger partial charge < -0.3 is 5.73 Å². The van der Waals surface area contributed by atoms with Gasteiger partial charge in [-0.15, -0.1) is 0 Å². The first-order chi connectivity index (χ1) is 9.08. The van der Waals surface area contributed by atoms with E-state index in [2.05, 4.69) is 38.1 Å². The van der Waals surface area contributed by atoms with Gasteiger partial charge >= 0.3 is 0 Å². The Morgan fingerprint density at radius 3 is 2.42 bits per heavy atom. The molecule has 104 valence electrons. The van der Waals surface area contributed by atoms with Crippen LogP contribution in [0.2, 0.25) is 0 Å². The summed E-state index contributed by atoms with van der Waals surface area (Å²) in [6.07, 6.45) is 4.84. The zero-order chi connectivity index (χ0) is 13.8. The van der Waals surface area contributed by atoms with Crippen molar-refractivity contribution in [3.63, 3.8) is 0 Å². The van der Waals surface area contributed by atoms with Crippen LogP contribution in [0.15, 0.2) is 24.3 Å². The number of benzene rings is 1. The molecular weight excluding hydrogens is 234 g/mol. The molecular formula is C17H25NO. The van der Waals surface area contributed by atoms with Crippen LogP contribution in [0.3, 0.4) is 0 Å². The second-order valence-electron chi connectivity index (χ2n) is 6.09. The molecule has 0 bridgehead atoms. The Balaban J connectivity index is 1.98. The molecule has 0 heterocycles. The summed E-state index contributed by atoms with van der Waals surface area (Å²) < 4.78 is 0. The fourth-order valence-electron chi connectivity index (χ4n) is 2.91. The summed E-state index contributed by atoms with van der Waals surface area (Å²) >= 11 is 0. The molecule has 1 saturated carbocycles. The predicted molar refractivity (Wildman–Crippen MR) is 79.2 cm³/mol. The van der Waals surface area contributed by atoms with Crippen LogP contribution >= 0.6 is 0 Å². The van der Waals surface area contributed by atoms with Crippen molar-refractivity contribution < 1.29 is 4.79 Å². The Hall–Kier alpha value is -1.15. The standard InChI is InChI=1S/C17H25NO/c1-12(2)14-9-7-13(8-10-14)11-17(19)15-5-3-4-6-16(15)18/h7-10,12,15-16H,3-6,11,18H2,1-2H3. The smallest absolute Gasteiger partial charge is 0.141 e. The van der Waals surface area contributed by atoms with Gasteiger partial charge in [-0.3, -0.25) is 4.79 Å². The van der Waals surface area contributed by atoms with Gasteiger partial charge in [-0.1, -0.05) is 51.0 Å². The van der Waals surface area contributed by atoms with Gasteiger partial charge in [0.1, 0.15) is 5.78 Å². The van der Waals surface area contributed by atoms with Gasteiger partial charge in [0.2, 0.25) is 0 Å². The number of ketones is 1. The van der Waals surface area contributed by atoms with Crippen molar-refractivity contribution in [3.8, 4) is 0 Å². The minimum Gasteiger partial charge on any atom is -0.327 e. The van der Waals surface area contributed by atoms with Crippen LogP contribution in [0.25, 0.3) is 0 Å². The first kappa shape index (κ1) is 14.3. The van der Waals surface area contributed by atoms with E-state index in [4.69, 9.17) is 5.73 Å². The molecule has 1 aromatic carbocycles. The molecule has 2 rings (SSSR count). The zero-order valence-electron chi connectivity index (χ0n) is 12.1. The number of Topliss-reactive ketones (excluding diaryl/α,β-unsaturated/α-hetero) is 1. The zero-order valence-corrected chi connectivity index (χ0v) is 12.1. The predicted octanol–water partition coefficient (Wildman–Crippen LogP) is 3.44. The van der Waals surface area contributed by atoms with Crippen LogP contribution in [-0.4, -0.2) is 11.8 Å². The quantitative estimate of drug-likeness (QED) is 0.900. The van der Waals surface area contributed by atoms with Gasteiger partial charge in [0, 0.05) is 18.4 Å². The molecule has 2 unspecified atom stereocenters. The van der Waals surface area contributed by atoms with Gasteiger partial charge in [0.05, 0.1) is 0 Å². The number of rotatable bonds is 4. The molecule has 2 N–H and O–H groups in total. The summed E-state index contributed by atoms with van der Waals surface area (Å²) in [5.41, 5.74) is 8.52. The van der Waals surface area contributed by atoms with Crippen LogP contribution in [0, 0.1) is 5.92 Å². The van der Waals surface area contributed by atoms with Crippen molar-refractivity contribution in [3.05, 3.63) is 35.4 Å². The van der Waals surface area contributed by atoms with E-state index in [-0.39, 0.29) is 12.0 Å². The lowest BCUT2D eigenvalue weighted by Gasteiger charge is -2.27. The number of hydrogen-bond acceptors (Lipinski definition) is 2. The van der Waals surface area contributed by atoms with Gasteiger partial charge in [0.15, 0.2) is 0 Å². The molecule has 2 heteroatoms. The molecule has 0 amide bonds. The van der Waals surface area contributed by atoms with Crippen LogP contribution in [0.1, 0.15) is 56.6 Å². The Morgan fingerprint density at radius 2 is 1.84 bits per heavy atom. The first-order valence-electron chi connectivity index (χ1n) is 7.45. The van der Waals surface area contributed by atoms with Gasteiger partial charge in [-0.25, -0.2) is 0 Å². The molecule has 0 saturated heterocycles. The highest BCUT2D eigenvalue weighted by Gasteiger charge is 2.27. The third-order valence-electron chi connectivity index (χ3n) is 4.26. The SMILES string of the molecule is CC(C)c1ccc(CC(=O)C2CCCCC2N)cc1. The topological polar surface area (TPSA) is 43.1 Å². The second kappa shape index (κ2) is 6.33. The largest absolute Gasteiger partial charge is 0.327 e. The van der Waals surface area contributed by atoms with E-state index in [1.165, 1.54) is 12.0 Å². The maximum absolute atomic E-state index is 12.3. The third-order valence-corrected chi connectivity index (χ3v) is 4.26. The fourth-order valence-corrected chi connectivity index (χ4v) is 2.91. The van der Waals surface area contributed by atoms with E-state index < -0.39 is 0 Å². The normalized spacial score (nSPS) is 23.6. The minimum absolute atomic E-state index is 0.0798. The Morgan fingerprint density at radius 1 is 1.21 bits per heavy atom. The molecule has 0 aromatic heterocycles. The third kappa shape index (κ3) is 3.66. The second-order valence-corrected chi connectivity index (χ2v) is 6.09. The van der Waals surface area contributed by atoms with E-state index in [1.54, 1.807) is 0 Å². The number of carbonyl (C=O) groups excluding carboxylic acids is 1. The number of hydrogen-bond donors (Lipinski definition) is 1. The van der Waals surface area contributed by atoms with Crippen molar-refractivity contribution in [2.24, 2.45) is 11.7 Å². The maximum Gasteiger partial charge on any atom is 0.141 e. The van der Waals surface area contributed by atoms with E-state index >= 15 is 0 Å². The molecule has 1 aliphatic carbocycles. The van der Waals surface area contributed by atoms with Crippen LogP contribution in [0.4, 0.5) is 0 Å². The summed E-state index contributed by atoms with van der Waals surface area (Å²) in [6, 6.07) is 8.52.